The van der Waals surface area contributed by atoms with Crippen LogP contribution in [-0.2, 0) is 13.0 Å². The van der Waals surface area contributed by atoms with Gasteiger partial charge in [-0.1, -0.05) is 11.6 Å². The first kappa shape index (κ1) is 19.9. The van der Waals surface area contributed by atoms with Crippen LogP contribution < -0.4 is 5.32 Å². The van der Waals surface area contributed by atoms with E-state index in [1.807, 2.05) is 9.58 Å². The number of piperazine rings is 1. The molecule has 2 aliphatic rings. The number of benzene rings is 1. The number of aromatic nitrogens is 2. The number of aryl methyl sites for hydroxylation is 1. The van der Waals surface area contributed by atoms with Crippen LogP contribution in [0.3, 0.4) is 0 Å². The van der Waals surface area contributed by atoms with Gasteiger partial charge in [0.05, 0.1) is 17.5 Å². The molecule has 4 rings (SSSR count). The number of fused-ring (bicyclic) bond motifs is 1. The van der Waals surface area contributed by atoms with Crippen LogP contribution in [0.5, 0.6) is 0 Å². The summed E-state index contributed by atoms with van der Waals surface area (Å²) in [5.41, 5.74) is 2.30. The van der Waals surface area contributed by atoms with E-state index >= 15 is 0 Å². The van der Waals surface area contributed by atoms with Gasteiger partial charge in [0.2, 0.25) is 0 Å². The Labute approximate surface area is 175 Å². The third-order valence-corrected chi connectivity index (χ3v) is 6.11. The summed E-state index contributed by atoms with van der Waals surface area (Å²) < 4.78 is 1.95. The molecular weight excluding hydrogens is 390 g/mol. The van der Waals surface area contributed by atoms with Gasteiger partial charge in [0.25, 0.3) is 11.8 Å². The standard InChI is InChI=1S/C21H26ClN5O2/c1-25-8-10-26(11-9-25)21(29)18-14-24-27-7-6-15(12-19(18)27)13-23-20(28)16-2-4-17(22)5-3-16/h2-5,14-15H,6-13H2,1H3,(H,23,28). The molecule has 2 amide bonds. The van der Waals surface area contributed by atoms with Crippen molar-refractivity contribution >= 4 is 23.4 Å². The quantitative estimate of drug-likeness (QED) is 0.828. The van der Waals surface area contributed by atoms with Gasteiger partial charge >= 0.3 is 0 Å². The van der Waals surface area contributed by atoms with Crippen LogP contribution in [0.15, 0.2) is 30.5 Å². The Bertz CT molecular complexity index is 887. The fraction of sp³-hybridized carbons (Fsp3) is 0.476. The normalized spacial score (nSPS) is 19.7. The first-order chi connectivity index (χ1) is 14.0. The minimum Gasteiger partial charge on any atom is -0.352 e. The average Bonchev–Trinajstić information content (AvgIpc) is 3.16. The lowest BCUT2D eigenvalue weighted by Crippen LogP contribution is -2.47. The number of halogens is 1. The van der Waals surface area contributed by atoms with E-state index in [9.17, 15) is 9.59 Å². The monoisotopic (exact) mass is 415 g/mol. The molecular formula is C21H26ClN5O2. The minimum atomic E-state index is -0.102. The Kier molecular flexibility index (Phi) is 5.87. The van der Waals surface area contributed by atoms with Crippen LogP contribution in [0.4, 0.5) is 0 Å². The Balaban J connectivity index is 1.38. The Morgan fingerprint density at radius 2 is 1.86 bits per heavy atom. The summed E-state index contributed by atoms with van der Waals surface area (Å²) in [7, 11) is 2.08. The van der Waals surface area contributed by atoms with Gasteiger partial charge in [-0.15, -0.1) is 0 Å². The molecule has 1 atom stereocenters. The molecule has 0 saturated carbocycles. The third-order valence-electron chi connectivity index (χ3n) is 5.86. The number of nitrogens with one attached hydrogen (secondary N) is 1. The number of hydrogen-bond donors (Lipinski definition) is 1. The summed E-state index contributed by atoms with van der Waals surface area (Å²) in [6.07, 6.45) is 3.39. The summed E-state index contributed by atoms with van der Waals surface area (Å²) in [6, 6.07) is 6.87. The summed E-state index contributed by atoms with van der Waals surface area (Å²) >= 11 is 5.88. The summed E-state index contributed by atoms with van der Waals surface area (Å²) in [5, 5.41) is 8.06. The second-order valence-electron chi connectivity index (χ2n) is 7.90. The molecule has 0 radical (unpaired) electrons. The highest BCUT2D eigenvalue weighted by atomic mass is 35.5. The molecule has 154 valence electrons. The Hall–Kier alpha value is -2.38. The molecule has 1 aromatic carbocycles. The lowest BCUT2D eigenvalue weighted by molar-refractivity contribution is 0.0661. The van der Waals surface area contributed by atoms with Crippen molar-refractivity contribution in [2.24, 2.45) is 5.92 Å². The van der Waals surface area contributed by atoms with E-state index < -0.39 is 0 Å². The predicted octanol–water partition coefficient (Wildman–Crippen LogP) is 1.92. The SMILES string of the molecule is CN1CCN(C(=O)c2cnn3c2CC(CNC(=O)c2ccc(Cl)cc2)CC3)CC1. The van der Waals surface area contributed by atoms with Crippen LogP contribution in [0.2, 0.25) is 5.02 Å². The second kappa shape index (κ2) is 8.55. The molecule has 1 aromatic heterocycles. The molecule has 0 spiro atoms. The molecule has 0 aliphatic carbocycles. The van der Waals surface area contributed by atoms with E-state index in [1.54, 1.807) is 30.5 Å². The fourth-order valence-electron chi connectivity index (χ4n) is 3.97. The number of rotatable bonds is 4. The van der Waals surface area contributed by atoms with E-state index in [0.717, 1.165) is 51.3 Å². The van der Waals surface area contributed by atoms with Crippen LogP contribution in [0.25, 0.3) is 0 Å². The predicted molar refractivity (Wildman–Crippen MR) is 111 cm³/mol. The molecule has 1 saturated heterocycles. The molecule has 1 fully saturated rings. The van der Waals surface area contributed by atoms with Gasteiger partial charge in [-0.25, -0.2) is 0 Å². The van der Waals surface area contributed by atoms with E-state index in [-0.39, 0.29) is 17.7 Å². The van der Waals surface area contributed by atoms with Gasteiger partial charge < -0.3 is 15.1 Å². The van der Waals surface area contributed by atoms with Crippen LogP contribution in [0.1, 0.15) is 32.8 Å². The fourth-order valence-corrected chi connectivity index (χ4v) is 4.10. The van der Waals surface area contributed by atoms with E-state index in [1.165, 1.54) is 0 Å². The molecule has 2 aromatic rings. The highest BCUT2D eigenvalue weighted by Gasteiger charge is 2.29. The van der Waals surface area contributed by atoms with Gasteiger partial charge in [-0.05, 0) is 50.1 Å². The largest absolute Gasteiger partial charge is 0.352 e. The molecule has 0 bridgehead atoms. The number of nitrogens with zero attached hydrogens (tertiary/aromatic N) is 4. The topological polar surface area (TPSA) is 70.5 Å². The van der Waals surface area contributed by atoms with Crippen molar-refractivity contribution in [3.05, 3.63) is 52.3 Å². The summed E-state index contributed by atoms with van der Waals surface area (Å²) in [6.45, 7) is 4.64. The Morgan fingerprint density at radius 1 is 1.14 bits per heavy atom. The maximum absolute atomic E-state index is 13.0. The Morgan fingerprint density at radius 3 is 2.59 bits per heavy atom. The lowest BCUT2D eigenvalue weighted by atomic mass is 9.94. The second-order valence-corrected chi connectivity index (χ2v) is 8.34. The molecule has 2 aliphatic heterocycles. The van der Waals surface area contributed by atoms with Crippen molar-refractivity contribution in [1.82, 2.24) is 24.9 Å². The van der Waals surface area contributed by atoms with Crippen LogP contribution in [-0.4, -0.2) is 71.2 Å². The van der Waals surface area contributed by atoms with Gasteiger partial charge in [0, 0.05) is 49.9 Å². The maximum Gasteiger partial charge on any atom is 0.257 e. The number of likely N-dealkylation sites (N-methyl/N-ethyl adjacent to an activating group) is 1. The van der Waals surface area contributed by atoms with E-state index in [4.69, 9.17) is 11.6 Å². The third kappa shape index (κ3) is 4.46. The summed E-state index contributed by atoms with van der Waals surface area (Å²) in [4.78, 5) is 29.5. The highest BCUT2D eigenvalue weighted by Crippen LogP contribution is 2.24. The molecule has 7 nitrogen and oxygen atoms in total. The smallest absolute Gasteiger partial charge is 0.257 e. The van der Waals surface area contributed by atoms with Gasteiger partial charge in [0.1, 0.15) is 0 Å². The van der Waals surface area contributed by atoms with Crippen molar-refractivity contribution in [2.75, 3.05) is 39.8 Å². The first-order valence-electron chi connectivity index (χ1n) is 10.1. The number of amides is 2. The minimum absolute atomic E-state index is 0.0743. The lowest BCUT2D eigenvalue weighted by Gasteiger charge is -2.32. The molecule has 29 heavy (non-hydrogen) atoms. The molecule has 3 heterocycles. The summed E-state index contributed by atoms with van der Waals surface area (Å²) in [5.74, 6) is 0.258. The van der Waals surface area contributed by atoms with Gasteiger partial charge in [-0.2, -0.15) is 5.10 Å². The van der Waals surface area contributed by atoms with Crippen LogP contribution in [0, 0.1) is 5.92 Å². The van der Waals surface area contributed by atoms with E-state index in [0.29, 0.717) is 22.7 Å². The van der Waals surface area contributed by atoms with Crippen molar-refractivity contribution in [3.8, 4) is 0 Å². The first-order valence-corrected chi connectivity index (χ1v) is 10.5. The zero-order valence-electron chi connectivity index (χ0n) is 16.6. The highest BCUT2D eigenvalue weighted by molar-refractivity contribution is 6.30. The number of carbonyl (C=O) groups excluding carboxylic acids is 2. The zero-order chi connectivity index (χ0) is 20.4. The average molecular weight is 416 g/mol. The van der Waals surface area contributed by atoms with E-state index in [2.05, 4.69) is 22.4 Å². The van der Waals surface area contributed by atoms with Gasteiger partial charge in [0.15, 0.2) is 0 Å². The molecule has 8 heteroatoms. The molecule has 1 N–H and O–H groups in total. The van der Waals surface area contributed by atoms with Crippen molar-refractivity contribution in [1.29, 1.82) is 0 Å². The maximum atomic E-state index is 13.0. The number of carbonyl (C=O) groups is 2. The molecule has 1 unspecified atom stereocenters. The van der Waals surface area contributed by atoms with Crippen molar-refractivity contribution < 1.29 is 9.59 Å². The van der Waals surface area contributed by atoms with Gasteiger partial charge in [-0.3, -0.25) is 14.3 Å². The number of hydrogen-bond acceptors (Lipinski definition) is 4. The van der Waals surface area contributed by atoms with Crippen molar-refractivity contribution in [2.45, 2.75) is 19.4 Å². The van der Waals surface area contributed by atoms with Crippen LogP contribution >= 0.6 is 11.6 Å². The zero-order valence-corrected chi connectivity index (χ0v) is 17.4. The van der Waals surface area contributed by atoms with Crippen molar-refractivity contribution in [3.63, 3.8) is 0 Å².